The van der Waals surface area contributed by atoms with Crippen LogP contribution in [-0.4, -0.2) is 40.0 Å². The van der Waals surface area contributed by atoms with Crippen molar-refractivity contribution in [2.24, 2.45) is 16.6 Å². The van der Waals surface area contributed by atoms with Gasteiger partial charge in [-0.05, 0) is 25.2 Å². The van der Waals surface area contributed by atoms with Gasteiger partial charge in [-0.3, -0.25) is 4.99 Å². The Morgan fingerprint density at radius 3 is 3.17 bits per heavy atom. The van der Waals surface area contributed by atoms with E-state index in [4.69, 9.17) is 5.73 Å². The van der Waals surface area contributed by atoms with Gasteiger partial charge in [-0.15, -0.1) is 0 Å². The SMILES string of the molecule is CC1CCCN(C(N)=NCCCn2ccnc2)C1. The van der Waals surface area contributed by atoms with Crippen LogP contribution in [0.25, 0.3) is 0 Å². The number of aryl methyl sites for hydroxylation is 1. The Labute approximate surface area is 109 Å². The van der Waals surface area contributed by atoms with Crippen molar-refractivity contribution in [2.75, 3.05) is 19.6 Å². The van der Waals surface area contributed by atoms with E-state index in [1.807, 2.05) is 12.5 Å². The van der Waals surface area contributed by atoms with Gasteiger partial charge in [0.2, 0.25) is 0 Å². The van der Waals surface area contributed by atoms with Crippen molar-refractivity contribution in [1.82, 2.24) is 14.5 Å². The van der Waals surface area contributed by atoms with Crippen LogP contribution in [0.1, 0.15) is 26.2 Å². The molecule has 1 aliphatic heterocycles. The summed E-state index contributed by atoms with van der Waals surface area (Å²) < 4.78 is 2.06. The molecule has 2 rings (SSSR count). The minimum atomic E-state index is 0.715. The molecule has 18 heavy (non-hydrogen) atoms. The molecule has 0 aromatic carbocycles. The van der Waals surface area contributed by atoms with Gasteiger partial charge in [0.25, 0.3) is 0 Å². The number of likely N-dealkylation sites (tertiary alicyclic amines) is 1. The first-order valence-corrected chi connectivity index (χ1v) is 6.76. The number of nitrogens with two attached hydrogens (primary N) is 1. The van der Waals surface area contributed by atoms with Crippen molar-refractivity contribution < 1.29 is 0 Å². The molecule has 1 aliphatic rings. The van der Waals surface area contributed by atoms with Gasteiger partial charge in [0.1, 0.15) is 0 Å². The first-order valence-electron chi connectivity index (χ1n) is 6.76. The summed E-state index contributed by atoms with van der Waals surface area (Å²) in [7, 11) is 0. The maximum atomic E-state index is 6.03. The number of aliphatic imine (C=N–C) groups is 1. The Kier molecular flexibility index (Phi) is 4.61. The van der Waals surface area contributed by atoms with Gasteiger partial charge in [-0.25, -0.2) is 4.98 Å². The van der Waals surface area contributed by atoms with Gasteiger partial charge in [0, 0.05) is 38.6 Å². The predicted molar refractivity (Wildman–Crippen MR) is 73.3 cm³/mol. The third-order valence-corrected chi connectivity index (χ3v) is 3.39. The highest BCUT2D eigenvalue weighted by Crippen LogP contribution is 2.14. The molecule has 0 bridgehead atoms. The molecule has 5 heteroatoms. The van der Waals surface area contributed by atoms with E-state index in [1.165, 1.54) is 12.8 Å². The second-order valence-corrected chi connectivity index (χ2v) is 5.09. The third kappa shape index (κ3) is 3.75. The minimum absolute atomic E-state index is 0.715. The summed E-state index contributed by atoms with van der Waals surface area (Å²) in [5.74, 6) is 1.45. The Bertz CT molecular complexity index is 371. The number of hydrogen-bond donors (Lipinski definition) is 1. The molecule has 1 fully saturated rings. The lowest BCUT2D eigenvalue weighted by Crippen LogP contribution is -2.43. The average molecular weight is 249 g/mol. The summed E-state index contributed by atoms with van der Waals surface area (Å²) in [6, 6.07) is 0. The van der Waals surface area contributed by atoms with Gasteiger partial charge < -0.3 is 15.2 Å². The van der Waals surface area contributed by atoms with Crippen LogP contribution in [0.4, 0.5) is 0 Å². The zero-order chi connectivity index (χ0) is 12.8. The van der Waals surface area contributed by atoms with Crippen molar-refractivity contribution in [3.63, 3.8) is 0 Å². The Morgan fingerprint density at radius 2 is 2.44 bits per heavy atom. The molecule has 1 atom stereocenters. The van der Waals surface area contributed by atoms with E-state index in [9.17, 15) is 0 Å². The zero-order valence-electron chi connectivity index (χ0n) is 11.1. The number of rotatable bonds is 4. The molecule has 2 heterocycles. The van der Waals surface area contributed by atoms with Crippen LogP contribution >= 0.6 is 0 Å². The van der Waals surface area contributed by atoms with Crippen LogP contribution < -0.4 is 5.73 Å². The molecule has 100 valence electrons. The molecule has 1 saturated heterocycles. The Hall–Kier alpha value is -1.52. The number of piperidine rings is 1. The average Bonchev–Trinajstić information content (AvgIpc) is 2.87. The van der Waals surface area contributed by atoms with Crippen molar-refractivity contribution in [2.45, 2.75) is 32.7 Å². The van der Waals surface area contributed by atoms with Crippen molar-refractivity contribution in [3.05, 3.63) is 18.7 Å². The van der Waals surface area contributed by atoms with E-state index in [0.717, 1.165) is 38.5 Å². The van der Waals surface area contributed by atoms with Crippen LogP contribution in [0.3, 0.4) is 0 Å². The molecule has 5 nitrogen and oxygen atoms in total. The monoisotopic (exact) mass is 249 g/mol. The molecule has 1 aromatic heterocycles. The quantitative estimate of drug-likeness (QED) is 0.497. The van der Waals surface area contributed by atoms with Crippen LogP contribution in [0.2, 0.25) is 0 Å². The zero-order valence-corrected chi connectivity index (χ0v) is 11.1. The van der Waals surface area contributed by atoms with Crippen molar-refractivity contribution in [1.29, 1.82) is 0 Å². The van der Waals surface area contributed by atoms with Gasteiger partial charge in [-0.1, -0.05) is 6.92 Å². The summed E-state index contributed by atoms with van der Waals surface area (Å²) in [4.78, 5) is 10.7. The van der Waals surface area contributed by atoms with Crippen molar-refractivity contribution >= 4 is 5.96 Å². The number of imidazole rings is 1. The largest absolute Gasteiger partial charge is 0.370 e. The summed E-state index contributed by atoms with van der Waals surface area (Å²) in [6.07, 6.45) is 9.14. The molecule has 1 aromatic rings. The maximum Gasteiger partial charge on any atom is 0.191 e. The highest BCUT2D eigenvalue weighted by Gasteiger charge is 2.17. The third-order valence-electron chi connectivity index (χ3n) is 3.39. The number of hydrogen-bond acceptors (Lipinski definition) is 2. The molecule has 0 aliphatic carbocycles. The lowest BCUT2D eigenvalue weighted by Gasteiger charge is -2.31. The van der Waals surface area contributed by atoms with Crippen LogP contribution in [0.5, 0.6) is 0 Å². The summed E-state index contributed by atoms with van der Waals surface area (Å²) >= 11 is 0. The molecular formula is C13H23N5. The molecule has 2 N–H and O–H groups in total. The van der Waals surface area contributed by atoms with Gasteiger partial charge in [0.15, 0.2) is 5.96 Å². The van der Waals surface area contributed by atoms with Crippen LogP contribution in [0.15, 0.2) is 23.7 Å². The van der Waals surface area contributed by atoms with E-state index >= 15 is 0 Å². The second-order valence-electron chi connectivity index (χ2n) is 5.09. The van der Waals surface area contributed by atoms with E-state index in [-0.39, 0.29) is 0 Å². The molecule has 0 spiro atoms. The number of nitrogens with zero attached hydrogens (tertiary/aromatic N) is 4. The fraction of sp³-hybridized carbons (Fsp3) is 0.692. The first kappa shape index (κ1) is 12.9. The highest BCUT2D eigenvalue weighted by molar-refractivity contribution is 5.78. The van der Waals surface area contributed by atoms with E-state index in [0.29, 0.717) is 5.96 Å². The lowest BCUT2D eigenvalue weighted by atomic mass is 10.0. The van der Waals surface area contributed by atoms with Gasteiger partial charge in [-0.2, -0.15) is 0 Å². The highest BCUT2D eigenvalue weighted by atomic mass is 15.3. The molecule has 0 radical (unpaired) electrons. The summed E-state index contributed by atoms with van der Waals surface area (Å²) in [6.45, 7) is 6.12. The molecule has 0 saturated carbocycles. The Balaban J connectivity index is 1.71. The molecular weight excluding hydrogens is 226 g/mol. The van der Waals surface area contributed by atoms with Gasteiger partial charge in [0.05, 0.1) is 6.33 Å². The molecule has 0 amide bonds. The summed E-state index contributed by atoms with van der Waals surface area (Å²) in [5.41, 5.74) is 6.03. The van der Waals surface area contributed by atoms with Crippen molar-refractivity contribution in [3.8, 4) is 0 Å². The lowest BCUT2D eigenvalue weighted by molar-refractivity contribution is 0.270. The maximum absolute atomic E-state index is 6.03. The molecule has 1 unspecified atom stereocenters. The predicted octanol–water partition coefficient (Wildman–Crippen LogP) is 1.32. The standard InChI is InChI=1S/C13H23N5/c1-12-4-2-8-18(10-12)13(14)16-5-3-7-17-9-6-15-11-17/h6,9,11-12H,2-5,7-8,10H2,1H3,(H2,14,16). The number of guanidine groups is 1. The van der Waals surface area contributed by atoms with E-state index < -0.39 is 0 Å². The van der Waals surface area contributed by atoms with E-state index in [1.54, 1.807) is 6.20 Å². The van der Waals surface area contributed by atoms with Gasteiger partial charge >= 0.3 is 0 Å². The fourth-order valence-corrected chi connectivity index (χ4v) is 2.36. The first-order chi connectivity index (χ1) is 8.75. The fourth-order valence-electron chi connectivity index (χ4n) is 2.36. The number of aromatic nitrogens is 2. The van der Waals surface area contributed by atoms with E-state index in [2.05, 4.69) is 26.4 Å². The second kappa shape index (κ2) is 6.42. The Morgan fingerprint density at radius 1 is 1.56 bits per heavy atom. The summed E-state index contributed by atoms with van der Waals surface area (Å²) in [5, 5.41) is 0. The van der Waals surface area contributed by atoms with Crippen LogP contribution in [-0.2, 0) is 6.54 Å². The normalized spacial score (nSPS) is 21.3. The van der Waals surface area contributed by atoms with Crippen LogP contribution in [0, 0.1) is 5.92 Å². The topological polar surface area (TPSA) is 59.4 Å². The minimum Gasteiger partial charge on any atom is -0.370 e. The smallest absolute Gasteiger partial charge is 0.191 e.